The van der Waals surface area contributed by atoms with E-state index in [4.69, 9.17) is 16.0 Å². The lowest BCUT2D eigenvalue weighted by Crippen LogP contribution is -2.14. The lowest BCUT2D eigenvalue weighted by atomic mass is 10.1. The van der Waals surface area contributed by atoms with E-state index in [0.717, 1.165) is 45.9 Å². The van der Waals surface area contributed by atoms with Gasteiger partial charge >= 0.3 is 0 Å². The Bertz CT molecular complexity index is 524. The lowest BCUT2D eigenvalue weighted by molar-refractivity contribution is 0.579. The van der Waals surface area contributed by atoms with E-state index in [-0.39, 0.29) is 0 Å². The molecule has 1 aromatic heterocycles. The zero-order valence-electron chi connectivity index (χ0n) is 10.2. The third-order valence-corrected chi connectivity index (χ3v) is 3.53. The van der Waals surface area contributed by atoms with Gasteiger partial charge in [-0.05, 0) is 58.7 Å². The molecule has 0 aliphatic rings. The molecule has 0 aliphatic carbocycles. The molecule has 1 aromatic carbocycles. The van der Waals surface area contributed by atoms with E-state index in [9.17, 15) is 0 Å². The van der Waals surface area contributed by atoms with Gasteiger partial charge in [0.15, 0.2) is 0 Å². The molecule has 0 fully saturated rings. The highest BCUT2D eigenvalue weighted by Gasteiger charge is 2.11. The fourth-order valence-corrected chi connectivity index (χ4v) is 2.43. The number of benzene rings is 1. The van der Waals surface area contributed by atoms with Crippen LogP contribution in [0.4, 0.5) is 0 Å². The van der Waals surface area contributed by atoms with Crippen molar-refractivity contribution in [2.75, 3.05) is 6.54 Å². The van der Waals surface area contributed by atoms with E-state index in [2.05, 4.69) is 28.2 Å². The van der Waals surface area contributed by atoms with Gasteiger partial charge in [-0.3, -0.25) is 0 Å². The molecule has 0 bridgehead atoms. The van der Waals surface area contributed by atoms with Crippen LogP contribution in [-0.2, 0) is 6.54 Å². The molecule has 18 heavy (non-hydrogen) atoms. The summed E-state index contributed by atoms with van der Waals surface area (Å²) in [6.07, 6.45) is 2.79. The fourth-order valence-electron chi connectivity index (χ4n) is 1.82. The second-order valence-electron chi connectivity index (χ2n) is 4.08. The van der Waals surface area contributed by atoms with E-state index >= 15 is 0 Å². The van der Waals surface area contributed by atoms with Crippen molar-refractivity contribution in [3.63, 3.8) is 0 Å². The molecule has 0 saturated heterocycles. The Balaban J connectivity index is 2.32. The first-order valence-electron chi connectivity index (χ1n) is 5.95. The minimum atomic E-state index is 0.745. The summed E-state index contributed by atoms with van der Waals surface area (Å²) < 4.78 is 6.48. The maximum Gasteiger partial charge on any atom is 0.148 e. The molecular formula is C14H15BrClNO. The van der Waals surface area contributed by atoms with Crippen LogP contribution in [0, 0.1) is 0 Å². The van der Waals surface area contributed by atoms with Crippen LogP contribution in [0.25, 0.3) is 11.3 Å². The van der Waals surface area contributed by atoms with Gasteiger partial charge in [0.25, 0.3) is 0 Å². The van der Waals surface area contributed by atoms with Crippen molar-refractivity contribution >= 4 is 27.5 Å². The Kier molecular flexibility index (Phi) is 4.87. The molecule has 0 spiro atoms. The van der Waals surface area contributed by atoms with Crippen LogP contribution in [0.15, 0.2) is 39.4 Å². The largest absolute Gasteiger partial charge is 0.463 e. The smallest absolute Gasteiger partial charge is 0.148 e. The van der Waals surface area contributed by atoms with Crippen molar-refractivity contribution in [1.82, 2.24) is 5.32 Å². The first-order chi connectivity index (χ1) is 8.72. The molecule has 0 aliphatic heterocycles. The van der Waals surface area contributed by atoms with Gasteiger partial charge in [-0.1, -0.05) is 18.5 Å². The molecular weight excluding hydrogens is 314 g/mol. The Morgan fingerprint density at radius 3 is 2.83 bits per heavy atom. The number of halogens is 2. The molecule has 2 aromatic rings. The second-order valence-corrected chi connectivity index (χ2v) is 5.37. The average Bonchev–Trinajstić information content (AvgIpc) is 2.76. The molecule has 96 valence electrons. The third-order valence-electron chi connectivity index (χ3n) is 2.67. The number of hydrogen-bond donors (Lipinski definition) is 1. The summed E-state index contributed by atoms with van der Waals surface area (Å²) in [7, 11) is 0. The van der Waals surface area contributed by atoms with E-state index in [1.54, 1.807) is 6.26 Å². The molecule has 0 atom stereocenters. The summed E-state index contributed by atoms with van der Waals surface area (Å²) >= 11 is 9.55. The third kappa shape index (κ3) is 3.16. The van der Waals surface area contributed by atoms with Gasteiger partial charge in [-0.15, -0.1) is 0 Å². The Morgan fingerprint density at radius 1 is 1.33 bits per heavy atom. The highest BCUT2D eigenvalue weighted by molar-refractivity contribution is 9.10. The SMILES string of the molecule is CCCNCc1cc(Cl)ccc1-c1occc1Br. The zero-order chi connectivity index (χ0) is 13.0. The normalized spacial score (nSPS) is 10.8. The van der Waals surface area contributed by atoms with Crippen LogP contribution >= 0.6 is 27.5 Å². The number of nitrogens with one attached hydrogen (secondary N) is 1. The molecule has 4 heteroatoms. The first-order valence-corrected chi connectivity index (χ1v) is 7.12. The molecule has 2 nitrogen and oxygen atoms in total. The number of furan rings is 1. The highest BCUT2D eigenvalue weighted by Crippen LogP contribution is 2.33. The van der Waals surface area contributed by atoms with Gasteiger partial charge < -0.3 is 9.73 Å². The van der Waals surface area contributed by atoms with E-state index in [1.807, 2.05) is 24.3 Å². The van der Waals surface area contributed by atoms with Gasteiger partial charge in [0.05, 0.1) is 10.7 Å². The Morgan fingerprint density at radius 2 is 2.17 bits per heavy atom. The van der Waals surface area contributed by atoms with Gasteiger partial charge in [0.2, 0.25) is 0 Å². The van der Waals surface area contributed by atoms with E-state index < -0.39 is 0 Å². The summed E-state index contributed by atoms with van der Waals surface area (Å²) in [4.78, 5) is 0. The maximum absolute atomic E-state index is 6.06. The van der Waals surface area contributed by atoms with E-state index in [1.165, 1.54) is 0 Å². The zero-order valence-corrected chi connectivity index (χ0v) is 12.5. The summed E-state index contributed by atoms with van der Waals surface area (Å²) in [6.45, 7) is 3.93. The van der Waals surface area contributed by atoms with Crippen LogP contribution in [0.1, 0.15) is 18.9 Å². The standard InChI is InChI=1S/C14H15BrClNO/c1-2-6-17-9-10-8-11(16)3-4-12(10)14-13(15)5-7-18-14/h3-5,7-8,17H,2,6,9H2,1H3. The van der Waals surface area contributed by atoms with Crippen molar-refractivity contribution in [2.24, 2.45) is 0 Å². The maximum atomic E-state index is 6.06. The van der Waals surface area contributed by atoms with Gasteiger partial charge in [-0.25, -0.2) is 0 Å². The molecule has 2 rings (SSSR count). The minimum Gasteiger partial charge on any atom is -0.463 e. The predicted octanol–water partition coefficient (Wildman–Crippen LogP) is 4.86. The van der Waals surface area contributed by atoms with Crippen molar-refractivity contribution in [3.05, 3.63) is 45.6 Å². The fraction of sp³-hybridized carbons (Fsp3) is 0.286. The second kappa shape index (κ2) is 6.41. The van der Waals surface area contributed by atoms with Crippen LogP contribution < -0.4 is 5.32 Å². The van der Waals surface area contributed by atoms with Crippen LogP contribution in [-0.4, -0.2) is 6.54 Å². The first kappa shape index (κ1) is 13.7. The average molecular weight is 329 g/mol. The summed E-state index contributed by atoms with van der Waals surface area (Å²) in [5, 5.41) is 4.13. The van der Waals surface area contributed by atoms with E-state index in [0.29, 0.717) is 0 Å². The highest BCUT2D eigenvalue weighted by atomic mass is 79.9. The monoisotopic (exact) mass is 327 g/mol. The van der Waals surface area contributed by atoms with Gasteiger partial charge in [0.1, 0.15) is 5.76 Å². The van der Waals surface area contributed by atoms with Crippen LogP contribution in [0.3, 0.4) is 0 Å². The number of hydrogen-bond acceptors (Lipinski definition) is 2. The summed E-state index contributed by atoms with van der Waals surface area (Å²) in [5.74, 6) is 0.847. The number of rotatable bonds is 5. The molecule has 1 N–H and O–H groups in total. The molecule has 0 unspecified atom stereocenters. The topological polar surface area (TPSA) is 25.2 Å². The Hall–Kier alpha value is -0.770. The van der Waals surface area contributed by atoms with Crippen molar-refractivity contribution < 1.29 is 4.42 Å². The molecule has 0 radical (unpaired) electrons. The minimum absolute atomic E-state index is 0.745. The molecule has 1 heterocycles. The van der Waals surface area contributed by atoms with Gasteiger partial charge in [-0.2, -0.15) is 0 Å². The molecule has 0 saturated carbocycles. The molecule has 0 amide bonds. The summed E-state index contributed by atoms with van der Waals surface area (Å²) in [5.41, 5.74) is 2.21. The van der Waals surface area contributed by atoms with Crippen molar-refractivity contribution in [1.29, 1.82) is 0 Å². The lowest BCUT2D eigenvalue weighted by Gasteiger charge is -2.09. The summed E-state index contributed by atoms with van der Waals surface area (Å²) in [6, 6.07) is 7.76. The van der Waals surface area contributed by atoms with Crippen LogP contribution in [0.5, 0.6) is 0 Å². The van der Waals surface area contributed by atoms with Crippen molar-refractivity contribution in [2.45, 2.75) is 19.9 Å². The quantitative estimate of drug-likeness (QED) is 0.793. The van der Waals surface area contributed by atoms with Gasteiger partial charge in [0, 0.05) is 17.1 Å². The van der Waals surface area contributed by atoms with Crippen LogP contribution in [0.2, 0.25) is 5.02 Å². The van der Waals surface area contributed by atoms with Crippen molar-refractivity contribution in [3.8, 4) is 11.3 Å². The Labute approximate surface area is 120 Å². The predicted molar refractivity (Wildman–Crippen MR) is 78.9 cm³/mol.